The maximum Gasteiger partial charge on any atom is 0.454 e. The monoisotopic (exact) mass is 455 g/mol. The highest BCUT2D eigenvalue weighted by Gasteiger charge is 2.40. The van der Waals surface area contributed by atoms with E-state index in [9.17, 15) is 22.8 Å². The smallest absolute Gasteiger partial charge is 0.347 e. The van der Waals surface area contributed by atoms with E-state index in [0.29, 0.717) is 23.4 Å². The fraction of sp³-hybridized carbons (Fsp3) is 0.407. The highest BCUT2D eigenvalue weighted by Crippen LogP contribution is 2.33. The van der Waals surface area contributed by atoms with Gasteiger partial charge in [-0.05, 0) is 44.1 Å². The van der Waals surface area contributed by atoms with E-state index >= 15 is 0 Å². The van der Waals surface area contributed by atoms with Gasteiger partial charge in [-0.25, -0.2) is 0 Å². The molecule has 2 unspecified atom stereocenters. The molecule has 0 aliphatic heterocycles. The number of benzene rings is 2. The lowest BCUT2D eigenvalue weighted by molar-refractivity contribution is -0.0884. The van der Waals surface area contributed by atoms with Gasteiger partial charge in [-0.15, -0.1) is 0 Å². The number of hydrogen-bond acceptors (Lipinski definition) is 2. The zero-order valence-electron chi connectivity index (χ0n) is 18.5. The van der Waals surface area contributed by atoms with Crippen molar-refractivity contribution in [2.24, 2.45) is 11.8 Å². The predicted octanol–water partition coefficient (Wildman–Crippen LogP) is 7.25. The first-order chi connectivity index (χ1) is 15.8. The highest BCUT2D eigenvalue weighted by molar-refractivity contribution is 6.10. The molecule has 0 bridgehead atoms. The van der Waals surface area contributed by atoms with Crippen LogP contribution in [0.15, 0.2) is 60.8 Å². The summed E-state index contributed by atoms with van der Waals surface area (Å²) in [5.74, 6) is -0.981. The Bertz CT molecular complexity index is 1120. The van der Waals surface area contributed by atoms with Crippen molar-refractivity contribution in [3.8, 4) is 0 Å². The van der Waals surface area contributed by atoms with Crippen molar-refractivity contribution < 1.29 is 22.8 Å². The Morgan fingerprint density at radius 3 is 2.39 bits per heavy atom. The van der Waals surface area contributed by atoms with Crippen LogP contribution in [0.3, 0.4) is 0 Å². The van der Waals surface area contributed by atoms with E-state index in [4.69, 9.17) is 0 Å². The normalized spacial score (nSPS) is 19.4. The van der Waals surface area contributed by atoms with Gasteiger partial charge in [0, 0.05) is 35.1 Å². The molecule has 1 aliphatic rings. The standard InChI is InChI=1S/C27H28F3NO2/c28-27(29,30)26(33)23-18-31(24-14-5-4-13-22(23)24)17-7-9-19-8-6-12-21(16-15-19)25(32)20-10-2-1-3-11-20/h1-5,10-11,13-14,18-19,21H,6-9,12,15-17H2. The van der Waals surface area contributed by atoms with Crippen LogP contribution in [0.4, 0.5) is 13.2 Å². The third kappa shape index (κ3) is 5.37. The van der Waals surface area contributed by atoms with Crippen molar-refractivity contribution in [2.75, 3.05) is 0 Å². The van der Waals surface area contributed by atoms with Crippen molar-refractivity contribution in [2.45, 2.75) is 57.7 Å². The first kappa shape index (κ1) is 23.3. The van der Waals surface area contributed by atoms with Gasteiger partial charge >= 0.3 is 6.18 Å². The third-order valence-electron chi connectivity index (χ3n) is 6.82. The summed E-state index contributed by atoms with van der Waals surface area (Å²) in [6.45, 7) is 0.564. The molecule has 33 heavy (non-hydrogen) atoms. The Morgan fingerprint density at radius 1 is 0.909 bits per heavy atom. The van der Waals surface area contributed by atoms with Crippen LogP contribution in [-0.2, 0) is 6.54 Å². The Balaban J connectivity index is 1.36. The summed E-state index contributed by atoms with van der Waals surface area (Å²) in [4.78, 5) is 24.7. The van der Waals surface area contributed by atoms with Gasteiger partial charge in [0.2, 0.25) is 0 Å². The summed E-state index contributed by atoms with van der Waals surface area (Å²) in [6, 6.07) is 16.2. The van der Waals surface area contributed by atoms with Crippen LogP contribution in [-0.4, -0.2) is 22.3 Å². The lowest BCUT2D eigenvalue weighted by Crippen LogP contribution is -2.22. The van der Waals surface area contributed by atoms with E-state index in [1.54, 1.807) is 28.8 Å². The first-order valence-corrected chi connectivity index (χ1v) is 11.6. The van der Waals surface area contributed by atoms with Gasteiger partial charge < -0.3 is 4.57 Å². The molecule has 1 saturated carbocycles. The van der Waals surface area contributed by atoms with Crippen molar-refractivity contribution in [3.63, 3.8) is 0 Å². The number of rotatable bonds is 7. The van der Waals surface area contributed by atoms with Crippen LogP contribution in [0, 0.1) is 11.8 Å². The van der Waals surface area contributed by atoms with E-state index in [1.165, 1.54) is 6.20 Å². The highest BCUT2D eigenvalue weighted by atomic mass is 19.4. The Morgan fingerprint density at radius 2 is 1.64 bits per heavy atom. The van der Waals surface area contributed by atoms with Crippen molar-refractivity contribution >= 4 is 22.5 Å². The molecule has 0 spiro atoms. The fourth-order valence-corrected chi connectivity index (χ4v) is 5.08. The molecule has 6 heteroatoms. The summed E-state index contributed by atoms with van der Waals surface area (Å²) in [5.41, 5.74) is 1.15. The zero-order chi connectivity index (χ0) is 23.4. The lowest BCUT2D eigenvalue weighted by atomic mass is 9.90. The maximum absolute atomic E-state index is 13.0. The van der Waals surface area contributed by atoms with Gasteiger partial charge in [0.05, 0.1) is 5.56 Å². The zero-order valence-corrected chi connectivity index (χ0v) is 18.5. The molecular weight excluding hydrogens is 427 g/mol. The molecule has 0 amide bonds. The molecule has 1 fully saturated rings. The minimum absolute atomic E-state index is 0.0710. The summed E-state index contributed by atoms with van der Waals surface area (Å²) in [6.07, 6.45) is 3.12. The van der Waals surface area contributed by atoms with Crippen molar-refractivity contribution in [1.29, 1.82) is 0 Å². The van der Waals surface area contributed by atoms with Gasteiger partial charge in [0.25, 0.3) is 5.78 Å². The number of Topliss-reactive ketones (excluding diaryl/α,β-unsaturated/α-hetero) is 2. The second kappa shape index (κ2) is 9.94. The van der Waals surface area contributed by atoms with Crippen LogP contribution >= 0.6 is 0 Å². The van der Waals surface area contributed by atoms with Gasteiger partial charge in [0.15, 0.2) is 5.78 Å². The van der Waals surface area contributed by atoms with Crippen molar-refractivity contribution in [1.82, 2.24) is 4.57 Å². The molecule has 4 rings (SSSR count). The molecule has 0 saturated heterocycles. The second-order valence-corrected chi connectivity index (χ2v) is 9.02. The minimum atomic E-state index is -4.89. The van der Waals surface area contributed by atoms with E-state index in [-0.39, 0.29) is 17.3 Å². The van der Waals surface area contributed by atoms with Gasteiger partial charge in [-0.1, -0.05) is 61.4 Å². The van der Waals surface area contributed by atoms with Crippen LogP contribution < -0.4 is 0 Å². The Hall–Kier alpha value is -2.89. The average molecular weight is 456 g/mol. The average Bonchev–Trinajstić information content (AvgIpc) is 3.00. The van der Waals surface area contributed by atoms with Crippen LogP contribution in [0.5, 0.6) is 0 Å². The first-order valence-electron chi connectivity index (χ1n) is 11.6. The molecule has 0 N–H and O–H groups in total. The number of ketones is 2. The van der Waals surface area contributed by atoms with Gasteiger partial charge in [0.1, 0.15) is 0 Å². The van der Waals surface area contributed by atoms with E-state index < -0.39 is 12.0 Å². The number of aromatic nitrogens is 1. The molecule has 174 valence electrons. The van der Waals surface area contributed by atoms with Crippen LogP contribution in [0.2, 0.25) is 0 Å². The minimum Gasteiger partial charge on any atom is -0.347 e. The Labute approximate surface area is 191 Å². The summed E-state index contributed by atoms with van der Waals surface area (Å²) in [5, 5.41) is 0.344. The molecule has 1 aliphatic carbocycles. The topological polar surface area (TPSA) is 39.1 Å². The molecular formula is C27H28F3NO2. The summed E-state index contributed by atoms with van der Waals surface area (Å²) >= 11 is 0. The number of halogens is 3. The van der Waals surface area contributed by atoms with Crippen LogP contribution in [0.25, 0.3) is 10.9 Å². The molecule has 1 heterocycles. The largest absolute Gasteiger partial charge is 0.454 e. The van der Waals surface area contributed by atoms with E-state index in [2.05, 4.69) is 0 Å². The van der Waals surface area contributed by atoms with Gasteiger partial charge in [-0.3, -0.25) is 9.59 Å². The van der Waals surface area contributed by atoms with Gasteiger partial charge in [-0.2, -0.15) is 13.2 Å². The number of carbonyl (C=O) groups is 2. The summed E-state index contributed by atoms with van der Waals surface area (Å²) < 4.78 is 40.8. The number of alkyl halides is 3. The maximum atomic E-state index is 13.0. The van der Waals surface area contributed by atoms with E-state index in [0.717, 1.165) is 50.5 Å². The lowest BCUT2D eigenvalue weighted by Gasteiger charge is -2.15. The number of hydrogen-bond donors (Lipinski definition) is 0. The summed E-state index contributed by atoms with van der Waals surface area (Å²) in [7, 11) is 0. The number of para-hydroxylation sites is 1. The molecule has 2 atom stereocenters. The predicted molar refractivity (Wildman–Crippen MR) is 122 cm³/mol. The third-order valence-corrected chi connectivity index (χ3v) is 6.82. The second-order valence-electron chi connectivity index (χ2n) is 9.02. The fourth-order valence-electron chi connectivity index (χ4n) is 5.08. The number of fused-ring (bicyclic) bond motifs is 1. The number of carbonyl (C=O) groups excluding carboxylic acids is 2. The van der Waals surface area contributed by atoms with E-state index in [1.807, 2.05) is 30.3 Å². The van der Waals surface area contributed by atoms with Crippen molar-refractivity contribution in [3.05, 3.63) is 71.9 Å². The molecule has 1 aromatic heterocycles. The molecule has 2 aromatic carbocycles. The van der Waals surface area contributed by atoms with Crippen LogP contribution in [0.1, 0.15) is 65.7 Å². The SMILES string of the molecule is O=C(c1ccccc1)C1CCCC(CCCn2cc(C(=O)C(F)(F)F)c3ccccc32)CC1. The molecule has 3 nitrogen and oxygen atoms in total. The Kier molecular flexibility index (Phi) is 7.01. The molecule has 0 radical (unpaired) electrons. The quantitative estimate of drug-likeness (QED) is 0.278. The molecule has 3 aromatic rings. The number of aryl methyl sites for hydroxylation is 1. The number of nitrogens with zero attached hydrogens (tertiary/aromatic N) is 1.